The number of allylic oxidation sites excluding steroid dienone is 6. The normalized spacial score (nSPS) is 17.8. The van der Waals surface area contributed by atoms with Crippen molar-refractivity contribution >= 4 is 0 Å². The lowest BCUT2D eigenvalue weighted by atomic mass is 9.82. The van der Waals surface area contributed by atoms with Crippen molar-refractivity contribution in [2.75, 3.05) is 0 Å². The lowest BCUT2D eigenvalue weighted by Gasteiger charge is -2.24. The molecule has 0 nitrogen and oxygen atoms in total. The fraction of sp³-hybridized carbons (Fsp3) is 0.786. The fourth-order valence-electron chi connectivity index (χ4n) is 6.84. The molecule has 0 aliphatic heterocycles. The van der Waals surface area contributed by atoms with Crippen molar-refractivity contribution in [3.63, 3.8) is 0 Å². The Hall–Kier alpha value is -1.56. The number of benzene rings is 1. The van der Waals surface area contributed by atoms with E-state index < -0.39 is 0 Å². The van der Waals surface area contributed by atoms with E-state index in [1.165, 1.54) is 102 Å². The zero-order chi connectivity index (χ0) is 43.5. The molecule has 5 rings (SSSR count). The molecule has 4 aliphatic carbocycles. The molecular formula is C56H112. The van der Waals surface area contributed by atoms with Crippen LogP contribution in [0, 0.1) is 41.4 Å². The summed E-state index contributed by atoms with van der Waals surface area (Å²) in [6.07, 6.45) is 32.9. The van der Waals surface area contributed by atoms with Crippen molar-refractivity contribution in [1.29, 1.82) is 0 Å². The van der Waals surface area contributed by atoms with Crippen LogP contribution < -0.4 is 0 Å². The third kappa shape index (κ3) is 40.6. The van der Waals surface area contributed by atoms with Crippen LogP contribution in [0.4, 0.5) is 0 Å². The minimum Gasteiger partial charge on any atom is -0.0885 e. The van der Waals surface area contributed by atoms with E-state index in [1.54, 1.807) is 5.57 Å². The highest BCUT2D eigenvalue weighted by Gasteiger charge is 2.16. The first-order chi connectivity index (χ1) is 26.5. The summed E-state index contributed by atoms with van der Waals surface area (Å²) in [5.74, 6) is 7.02. The average molecular weight is 786 g/mol. The predicted octanol–water partition coefficient (Wildman–Crippen LogP) is 20.9. The zero-order valence-electron chi connectivity index (χ0n) is 42.0. The standard InChI is InChI=1S/C9H18.3C9H16.C9H12.5C2H6.CH4/c5*1-8(2)9-6-4-3-5-7-9;5*1-2;/h8-9H,3-7H2,1-2H3;6,8H,3-5,7H2,1-2H3;4,6,8-9H,3,5,7H2,1-2H3;3-4,8-9H,5-7H2,1-2H3;3-8H,1-2H3;5*1-2H3;1H4. The second-order valence-electron chi connectivity index (χ2n) is 15.9. The molecule has 0 heteroatoms. The molecule has 0 saturated heterocycles. The van der Waals surface area contributed by atoms with Gasteiger partial charge in [-0.15, -0.1) is 0 Å². The van der Waals surface area contributed by atoms with Crippen molar-refractivity contribution < 1.29 is 0 Å². The number of rotatable bonds is 5. The minimum absolute atomic E-state index is 0. The van der Waals surface area contributed by atoms with E-state index in [2.05, 4.69) is 124 Å². The maximum absolute atomic E-state index is 2.42. The summed E-state index contributed by atoms with van der Waals surface area (Å²) in [5, 5.41) is 0. The van der Waals surface area contributed by atoms with Crippen molar-refractivity contribution in [2.45, 2.75) is 248 Å². The van der Waals surface area contributed by atoms with E-state index in [0.29, 0.717) is 5.92 Å². The maximum atomic E-state index is 2.42. The van der Waals surface area contributed by atoms with Crippen LogP contribution in [0.15, 0.2) is 66.3 Å². The quantitative estimate of drug-likeness (QED) is 0.261. The second kappa shape index (κ2) is 51.5. The average Bonchev–Trinajstić information content (AvgIpc) is 3.27. The van der Waals surface area contributed by atoms with Crippen LogP contribution in [0.25, 0.3) is 0 Å². The Morgan fingerprint density at radius 2 is 0.982 bits per heavy atom. The molecule has 1 saturated carbocycles. The Balaban J connectivity index is -0.000000131. The third-order valence-electron chi connectivity index (χ3n) is 10.5. The van der Waals surface area contributed by atoms with E-state index in [4.69, 9.17) is 0 Å². The Morgan fingerprint density at radius 3 is 1.25 bits per heavy atom. The van der Waals surface area contributed by atoms with Crippen LogP contribution >= 0.6 is 0 Å². The number of hydrogen-bond acceptors (Lipinski definition) is 0. The molecule has 336 valence electrons. The molecule has 0 radical (unpaired) electrons. The smallest absolute Gasteiger partial charge is 0.0210 e. The van der Waals surface area contributed by atoms with Gasteiger partial charge < -0.3 is 0 Å². The Labute approximate surface area is 360 Å². The first-order valence-corrected chi connectivity index (χ1v) is 24.6. The highest BCUT2D eigenvalue weighted by molar-refractivity contribution is 5.17. The maximum Gasteiger partial charge on any atom is -0.0210 e. The van der Waals surface area contributed by atoms with Crippen molar-refractivity contribution in [3.8, 4) is 0 Å². The van der Waals surface area contributed by atoms with Crippen LogP contribution in [0.3, 0.4) is 0 Å². The SMILES string of the molecule is C.CC.CC.CC.CC.CC.CC(C)C1=CCCCC1.CC(C)C1C=CCCC1.CC(C)C1CC=CCC1.CC(C)C1CCCCC1.CC(C)c1ccccc1. The van der Waals surface area contributed by atoms with Crippen molar-refractivity contribution in [1.82, 2.24) is 0 Å². The Kier molecular flexibility index (Phi) is 60.9. The van der Waals surface area contributed by atoms with Gasteiger partial charge in [-0.2, -0.15) is 0 Å². The zero-order valence-corrected chi connectivity index (χ0v) is 42.0. The van der Waals surface area contributed by atoms with Gasteiger partial charge in [-0.1, -0.05) is 244 Å². The van der Waals surface area contributed by atoms with Gasteiger partial charge in [0.15, 0.2) is 0 Å². The molecular weight excluding hydrogens is 673 g/mol. The van der Waals surface area contributed by atoms with Crippen LogP contribution in [0.5, 0.6) is 0 Å². The van der Waals surface area contributed by atoms with Gasteiger partial charge in [0.05, 0.1) is 0 Å². The topological polar surface area (TPSA) is 0 Å². The molecule has 2 unspecified atom stereocenters. The molecule has 0 bridgehead atoms. The lowest BCUT2D eigenvalue weighted by molar-refractivity contribution is 0.279. The van der Waals surface area contributed by atoms with E-state index in [0.717, 1.165) is 41.4 Å². The van der Waals surface area contributed by atoms with Gasteiger partial charge in [0.1, 0.15) is 0 Å². The van der Waals surface area contributed by atoms with Crippen molar-refractivity contribution in [3.05, 3.63) is 71.8 Å². The van der Waals surface area contributed by atoms with Crippen LogP contribution in [0.1, 0.15) is 254 Å². The highest BCUT2D eigenvalue weighted by atomic mass is 14.2. The Bertz CT molecular complexity index is 887. The molecule has 2 atom stereocenters. The summed E-state index contributed by atoms with van der Waals surface area (Å²) in [4.78, 5) is 0. The molecule has 56 heavy (non-hydrogen) atoms. The molecule has 0 heterocycles. The minimum atomic E-state index is 0. The summed E-state index contributed by atoms with van der Waals surface area (Å²) in [6, 6.07) is 10.5. The lowest BCUT2D eigenvalue weighted by Crippen LogP contribution is -2.12. The summed E-state index contributed by atoms with van der Waals surface area (Å²) in [6.45, 7) is 43.0. The molecule has 0 aromatic heterocycles. The first-order valence-electron chi connectivity index (χ1n) is 24.6. The van der Waals surface area contributed by atoms with Gasteiger partial charge in [0, 0.05) is 0 Å². The summed E-state index contributed by atoms with van der Waals surface area (Å²) < 4.78 is 0. The highest BCUT2D eigenvalue weighted by Crippen LogP contribution is 2.29. The predicted molar refractivity (Wildman–Crippen MR) is 269 cm³/mol. The third-order valence-corrected chi connectivity index (χ3v) is 10.5. The molecule has 0 amide bonds. The number of hydrogen-bond donors (Lipinski definition) is 0. The van der Waals surface area contributed by atoms with Gasteiger partial charge in [0.2, 0.25) is 0 Å². The largest absolute Gasteiger partial charge is 0.0885 e. The molecule has 1 aromatic rings. The molecule has 4 aliphatic rings. The fourth-order valence-corrected chi connectivity index (χ4v) is 6.84. The molecule has 0 N–H and O–H groups in total. The van der Waals surface area contributed by atoms with E-state index in [-0.39, 0.29) is 7.43 Å². The van der Waals surface area contributed by atoms with Crippen molar-refractivity contribution in [2.24, 2.45) is 41.4 Å². The molecule has 1 fully saturated rings. The molecule has 0 spiro atoms. The van der Waals surface area contributed by atoms with Gasteiger partial charge >= 0.3 is 0 Å². The summed E-state index contributed by atoms with van der Waals surface area (Å²) in [7, 11) is 0. The van der Waals surface area contributed by atoms with Gasteiger partial charge in [0.25, 0.3) is 0 Å². The summed E-state index contributed by atoms with van der Waals surface area (Å²) >= 11 is 0. The molecule has 1 aromatic carbocycles. The van der Waals surface area contributed by atoms with E-state index in [1.807, 2.05) is 75.3 Å². The first kappa shape index (κ1) is 66.3. The Morgan fingerprint density at radius 1 is 0.446 bits per heavy atom. The second-order valence-corrected chi connectivity index (χ2v) is 15.9. The van der Waals surface area contributed by atoms with Gasteiger partial charge in [-0.3, -0.25) is 0 Å². The van der Waals surface area contributed by atoms with Gasteiger partial charge in [-0.25, -0.2) is 0 Å². The van der Waals surface area contributed by atoms with Crippen LogP contribution in [-0.4, -0.2) is 0 Å². The van der Waals surface area contributed by atoms with Gasteiger partial charge in [-0.05, 0) is 117 Å². The van der Waals surface area contributed by atoms with E-state index in [9.17, 15) is 0 Å². The van der Waals surface area contributed by atoms with Crippen LogP contribution in [0.2, 0.25) is 0 Å². The monoisotopic (exact) mass is 785 g/mol. The van der Waals surface area contributed by atoms with Crippen LogP contribution in [-0.2, 0) is 0 Å². The van der Waals surface area contributed by atoms with E-state index >= 15 is 0 Å². The summed E-state index contributed by atoms with van der Waals surface area (Å²) in [5.41, 5.74) is 3.10.